The minimum absolute atomic E-state index is 0.243. The number of nitrogens with zero attached hydrogens (tertiary/aromatic N) is 4. The molecule has 1 amide bonds. The van der Waals surface area contributed by atoms with E-state index in [2.05, 4.69) is 36.1 Å². The topological polar surface area (TPSA) is 118 Å². The van der Waals surface area contributed by atoms with Crippen LogP contribution in [-0.4, -0.2) is 39.1 Å². The van der Waals surface area contributed by atoms with E-state index >= 15 is 0 Å². The van der Waals surface area contributed by atoms with Crippen LogP contribution in [0.4, 0.5) is 17.5 Å². The van der Waals surface area contributed by atoms with Gasteiger partial charge in [0.2, 0.25) is 0 Å². The number of carbonyl (C=O) groups excluding carboxylic acids is 1. The minimum atomic E-state index is -0.243. The van der Waals surface area contributed by atoms with E-state index in [1.54, 1.807) is 18.3 Å². The van der Waals surface area contributed by atoms with E-state index in [1.807, 2.05) is 19.1 Å². The third kappa shape index (κ3) is 4.61. The highest BCUT2D eigenvalue weighted by molar-refractivity contribution is 5.92. The van der Waals surface area contributed by atoms with Crippen LogP contribution in [-0.2, 0) is 0 Å². The second-order valence-electron chi connectivity index (χ2n) is 6.70. The number of rotatable bonds is 8. The van der Waals surface area contributed by atoms with Gasteiger partial charge >= 0.3 is 0 Å². The Morgan fingerprint density at radius 3 is 2.75 bits per heavy atom. The van der Waals surface area contributed by atoms with Crippen molar-refractivity contribution in [2.24, 2.45) is 0 Å². The minimum Gasteiger partial charge on any atom is -0.368 e. The first kappa shape index (κ1) is 17.9. The molecule has 0 radical (unpaired) electrons. The third-order valence-corrected chi connectivity index (χ3v) is 4.30. The van der Waals surface area contributed by atoms with E-state index in [1.165, 1.54) is 6.33 Å². The standard InChI is InChI=1S/C19H21N7O2/c1-12-4-5-20-17(8-12)25-18-10-16(23-11-24-18)21-6-7-22-19(27)14-9-15(28-26-14)13-2-3-13/h4-5,8-11,13H,2-3,6-7H2,1H3,(H,22,27)(H2,20,21,23,24,25). The molecule has 0 unspecified atom stereocenters. The molecule has 0 aromatic carbocycles. The Morgan fingerprint density at radius 2 is 1.93 bits per heavy atom. The molecule has 1 aliphatic rings. The summed E-state index contributed by atoms with van der Waals surface area (Å²) in [5.74, 6) is 2.99. The van der Waals surface area contributed by atoms with Crippen LogP contribution in [0.1, 0.15) is 40.6 Å². The van der Waals surface area contributed by atoms with E-state index < -0.39 is 0 Å². The molecular weight excluding hydrogens is 358 g/mol. The third-order valence-electron chi connectivity index (χ3n) is 4.30. The Labute approximate surface area is 162 Å². The second kappa shape index (κ2) is 8.03. The summed E-state index contributed by atoms with van der Waals surface area (Å²) in [6, 6.07) is 7.37. The lowest BCUT2D eigenvalue weighted by molar-refractivity contribution is 0.0946. The lowest BCUT2D eigenvalue weighted by Gasteiger charge is -2.09. The largest absolute Gasteiger partial charge is 0.368 e. The summed E-state index contributed by atoms with van der Waals surface area (Å²) in [5, 5.41) is 12.9. The van der Waals surface area contributed by atoms with Gasteiger partial charge in [0.05, 0.1) is 0 Å². The summed E-state index contributed by atoms with van der Waals surface area (Å²) >= 11 is 0. The van der Waals surface area contributed by atoms with Crippen LogP contribution in [0.2, 0.25) is 0 Å². The van der Waals surface area contributed by atoms with E-state index in [0.717, 1.165) is 30.0 Å². The van der Waals surface area contributed by atoms with Crippen molar-refractivity contribution in [3.63, 3.8) is 0 Å². The fraction of sp³-hybridized carbons (Fsp3) is 0.316. The molecule has 9 nitrogen and oxygen atoms in total. The van der Waals surface area contributed by atoms with Crippen LogP contribution in [0.5, 0.6) is 0 Å². The molecule has 3 aromatic heterocycles. The van der Waals surface area contributed by atoms with Crippen molar-refractivity contribution in [2.45, 2.75) is 25.7 Å². The van der Waals surface area contributed by atoms with Crippen LogP contribution in [0.25, 0.3) is 0 Å². The molecule has 28 heavy (non-hydrogen) atoms. The molecule has 144 valence electrons. The normalized spacial score (nSPS) is 13.2. The highest BCUT2D eigenvalue weighted by Gasteiger charge is 2.28. The number of aryl methyl sites for hydroxylation is 1. The Balaban J connectivity index is 1.25. The van der Waals surface area contributed by atoms with Crippen molar-refractivity contribution in [1.82, 2.24) is 25.4 Å². The maximum absolute atomic E-state index is 12.1. The Morgan fingerprint density at radius 1 is 1.11 bits per heavy atom. The van der Waals surface area contributed by atoms with Gasteiger partial charge < -0.3 is 20.5 Å². The van der Waals surface area contributed by atoms with E-state index in [0.29, 0.717) is 36.3 Å². The summed E-state index contributed by atoms with van der Waals surface area (Å²) in [4.78, 5) is 24.7. The Kier molecular flexibility index (Phi) is 5.14. The maximum Gasteiger partial charge on any atom is 0.273 e. The van der Waals surface area contributed by atoms with Crippen molar-refractivity contribution in [1.29, 1.82) is 0 Å². The molecule has 0 atom stereocenters. The van der Waals surface area contributed by atoms with Crippen molar-refractivity contribution < 1.29 is 9.32 Å². The number of nitrogens with one attached hydrogen (secondary N) is 3. The molecule has 0 spiro atoms. The average molecular weight is 379 g/mol. The molecule has 3 heterocycles. The molecule has 0 saturated heterocycles. The first-order valence-corrected chi connectivity index (χ1v) is 9.18. The highest BCUT2D eigenvalue weighted by Crippen LogP contribution is 2.40. The van der Waals surface area contributed by atoms with Crippen molar-refractivity contribution in [3.05, 3.63) is 53.8 Å². The summed E-state index contributed by atoms with van der Waals surface area (Å²) in [7, 11) is 0. The fourth-order valence-corrected chi connectivity index (χ4v) is 2.67. The van der Waals surface area contributed by atoms with Gasteiger partial charge in [0, 0.05) is 37.3 Å². The molecule has 1 fully saturated rings. The number of hydrogen-bond donors (Lipinski definition) is 3. The monoisotopic (exact) mass is 379 g/mol. The smallest absolute Gasteiger partial charge is 0.273 e. The van der Waals surface area contributed by atoms with Crippen LogP contribution >= 0.6 is 0 Å². The highest BCUT2D eigenvalue weighted by atomic mass is 16.5. The molecule has 9 heteroatoms. The van der Waals surface area contributed by atoms with Gasteiger partial charge in [0.25, 0.3) is 5.91 Å². The number of amides is 1. The van der Waals surface area contributed by atoms with Crippen molar-refractivity contribution >= 4 is 23.4 Å². The number of hydrogen-bond acceptors (Lipinski definition) is 8. The zero-order valence-electron chi connectivity index (χ0n) is 15.5. The lowest BCUT2D eigenvalue weighted by atomic mass is 10.3. The molecular formula is C19H21N7O2. The van der Waals surface area contributed by atoms with Gasteiger partial charge in [0.15, 0.2) is 5.69 Å². The van der Waals surface area contributed by atoms with Gasteiger partial charge in [-0.3, -0.25) is 4.79 Å². The van der Waals surface area contributed by atoms with Gasteiger partial charge in [-0.15, -0.1) is 0 Å². The SMILES string of the molecule is Cc1ccnc(Nc2cc(NCCNC(=O)c3cc(C4CC4)on3)ncn2)c1. The molecule has 3 aromatic rings. The first-order valence-electron chi connectivity index (χ1n) is 9.18. The number of aromatic nitrogens is 4. The summed E-state index contributed by atoms with van der Waals surface area (Å²) in [6.07, 6.45) is 5.42. The van der Waals surface area contributed by atoms with Crippen LogP contribution < -0.4 is 16.0 Å². The van der Waals surface area contributed by atoms with Crippen molar-refractivity contribution in [2.75, 3.05) is 23.7 Å². The average Bonchev–Trinajstić information content (AvgIpc) is 3.42. The van der Waals surface area contributed by atoms with Gasteiger partial charge in [-0.25, -0.2) is 15.0 Å². The molecule has 0 bridgehead atoms. The predicted molar refractivity (Wildman–Crippen MR) is 104 cm³/mol. The summed E-state index contributed by atoms with van der Waals surface area (Å²) < 4.78 is 5.20. The van der Waals surface area contributed by atoms with Crippen LogP contribution in [0.3, 0.4) is 0 Å². The maximum atomic E-state index is 12.1. The number of carbonyl (C=O) groups is 1. The van der Waals surface area contributed by atoms with Gasteiger partial charge in [0.1, 0.15) is 29.5 Å². The second-order valence-corrected chi connectivity index (χ2v) is 6.70. The van der Waals surface area contributed by atoms with E-state index in [9.17, 15) is 4.79 Å². The molecule has 3 N–H and O–H groups in total. The Bertz CT molecular complexity index is 968. The molecule has 0 aliphatic heterocycles. The number of pyridine rings is 1. The van der Waals surface area contributed by atoms with E-state index in [4.69, 9.17) is 4.52 Å². The number of anilines is 3. The van der Waals surface area contributed by atoms with Gasteiger partial charge in [-0.1, -0.05) is 5.16 Å². The van der Waals surface area contributed by atoms with Crippen LogP contribution in [0.15, 0.2) is 41.3 Å². The zero-order valence-corrected chi connectivity index (χ0v) is 15.5. The fourth-order valence-electron chi connectivity index (χ4n) is 2.67. The first-order chi connectivity index (χ1) is 13.7. The predicted octanol–water partition coefficient (Wildman–Crippen LogP) is 2.63. The van der Waals surface area contributed by atoms with Crippen molar-refractivity contribution in [3.8, 4) is 0 Å². The molecule has 1 saturated carbocycles. The zero-order chi connectivity index (χ0) is 19.3. The van der Waals surface area contributed by atoms with Gasteiger partial charge in [-0.2, -0.15) is 0 Å². The summed E-state index contributed by atoms with van der Waals surface area (Å²) in [5.41, 5.74) is 1.43. The Hall–Kier alpha value is -3.49. The molecule has 1 aliphatic carbocycles. The quantitative estimate of drug-likeness (QED) is 0.511. The summed E-state index contributed by atoms with van der Waals surface area (Å²) in [6.45, 7) is 2.94. The van der Waals surface area contributed by atoms with E-state index in [-0.39, 0.29) is 5.91 Å². The lowest BCUT2D eigenvalue weighted by Crippen LogP contribution is -2.29. The van der Waals surface area contributed by atoms with Gasteiger partial charge in [-0.05, 0) is 37.5 Å². The molecule has 4 rings (SSSR count). The van der Waals surface area contributed by atoms with Crippen LogP contribution in [0, 0.1) is 6.92 Å².